The standard InChI is InChI=1S/C15H20N2O3/c1-20-13-5-6-14(18)12(10-13)11-16-7-3-9-17-8-2-4-15(17)19/h5-6,10-11,18H,2-4,7-9H2,1H3. The number of hydrogen-bond donors (Lipinski definition) is 1. The Hall–Kier alpha value is -2.04. The van der Waals surface area contributed by atoms with E-state index in [1.165, 1.54) is 0 Å². The number of carbonyl (C=O) groups is 1. The molecule has 0 radical (unpaired) electrons. The van der Waals surface area contributed by atoms with Gasteiger partial charge in [-0.3, -0.25) is 9.79 Å². The molecule has 0 unspecified atom stereocenters. The summed E-state index contributed by atoms with van der Waals surface area (Å²) < 4.78 is 5.10. The van der Waals surface area contributed by atoms with Crippen LogP contribution in [0.3, 0.4) is 0 Å². The van der Waals surface area contributed by atoms with E-state index in [-0.39, 0.29) is 11.7 Å². The fourth-order valence-electron chi connectivity index (χ4n) is 2.22. The van der Waals surface area contributed by atoms with Crippen LogP contribution < -0.4 is 4.74 Å². The second-order valence-corrected chi connectivity index (χ2v) is 4.80. The maximum absolute atomic E-state index is 11.4. The van der Waals surface area contributed by atoms with E-state index in [1.54, 1.807) is 31.5 Å². The van der Waals surface area contributed by atoms with Gasteiger partial charge in [0.15, 0.2) is 0 Å². The molecule has 1 aromatic rings. The molecule has 5 nitrogen and oxygen atoms in total. The van der Waals surface area contributed by atoms with E-state index in [0.29, 0.717) is 24.3 Å². The Bertz CT molecular complexity index is 500. The number of rotatable bonds is 6. The van der Waals surface area contributed by atoms with Crippen molar-refractivity contribution in [2.75, 3.05) is 26.7 Å². The van der Waals surface area contributed by atoms with E-state index in [9.17, 15) is 9.90 Å². The first-order valence-corrected chi connectivity index (χ1v) is 6.85. The molecule has 5 heteroatoms. The number of benzene rings is 1. The van der Waals surface area contributed by atoms with Crippen LogP contribution in [-0.4, -0.2) is 48.9 Å². The van der Waals surface area contributed by atoms with Crippen LogP contribution in [0.2, 0.25) is 0 Å². The Labute approximate surface area is 118 Å². The summed E-state index contributed by atoms with van der Waals surface area (Å²) in [6.45, 7) is 2.28. The van der Waals surface area contributed by atoms with Crippen molar-refractivity contribution in [2.45, 2.75) is 19.3 Å². The fraction of sp³-hybridized carbons (Fsp3) is 0.467. The van der Waals surface area contributed by atoms with Gasteiger partial charge in [-0.2, -0.15) is 0 Å². The maximum Gasteiger partial charge on any atom is 0.222 e. The van der Waals surface area contributed by atoms with E-state index in [1.807, 2.05) is 4.90 Å². The van der Waals surface area contributed by atoms with Crippen molar-refractivity contribution in [1.29, 1.82) is 0 Å². The summed E-state index contributed by atoms with van der Waals surface area (Å²) in [6, 6.07) is 5.03. The summed E-state index contributed by atoms with van der Waals surface area (Å²) in [6.07, 6.45) is 4.14. The van der Waals surface area contributed by atoms with Crippen LogP contribution in [0.5, 0.6) is 11.5 Å². The van der Waals surface area contributed by atoms with Crippen molar-refractivity contribution >= 4 is 12.1 Å². The number of hydrogen-bond acceptors (Lipinski definition) is 4. The zero-order valence-corrected chi connectivity index (χ0v) is 11.7. The molecule has 1 amide bonds. The summed E-state index contributed by atoms with van der Waals surface area (Å²) in [5, 5.41) is 9.69. The molecule has 1 fully saturated rings. The van der Waals surface area contributed by atoms with Gasteiger partial charge in [0, 0.05) is 37.8 Å². The number of likely N-dealkylation sites (tertiary alicyclic amines) is 1. The lowest BCUT2D eigenvalue weighted by molar-refractivity contribution is -0.127. The number of methoxy groups -OCH3 is 1. The molecular formula is C15H20N2O3. The van der Waals surface area contributed by atoms with Gasteiger partial charge in [-0.05, 0) is 31.0 Å². The second-order valence-electron chi connectivity index (χ2n) is 4.80. The summed E-state index contributed by atoms with van der Waals surface area (Å²) in [7, 11) is 1.58. The summed E-state index contributed by atoms with van der Waals surface area (Å²) in [5.41, 5.74) is 0.640. The van der Waals surface area contributed by atoms with Gasteiger partial charge in [0.1, 0.15) is 11.5 Å². The minimum absolute atomic E-state index is 0.185. The van der Waals surface area contributed by atoms with Crippen LogP contribution in [0.1, 0.15) is 24.8 Å². The van der Waals surface area contributed by atoms with Crippen molar-refractivity contribution < 1.29 is 14.6 Å². The number of phenolic OH excluding ortho intramolecular Hbond substituents is 1. The molecule has 108 valence electrons. The summed E-state index contributed by atoms with van der Waals surface area (Å²) in [4.78, 5) is 17.6. The smallest absolute Gasteiger partial charge is 0.222 e. The van der Waals surface area contributed by atoms with Gasteiger partial charge in [0.25, 0.3) is 0 Å². The predicted octanol–water partition coefficient (Wildman–Crippen LogP) is 1.83. The van der Waals surface area contributed by atoms with Crippen molar-refractivity contribution in [3.8, 4) is 11.5 Å². The van der Waals surface area contributed by atoms with E-state index < -0.39 is 0 Å². The third kappa shape index (κ3) is 3.73. The minimum atomic E-state index is 0.185. The van der Waals surface area contributed by atoms with Gasteiger partial charge in [0.2, 0.25) is 5.91 Å². The molecule has 0 aliphatic carbocycles. The first-order valence-electron chi connectivity index (χ1n) is 6.85. The Morgan fingerprint density at radius 2 is 2.35 bits per heavy atom. The molecule has 0 saturated carbocycles. The highest BCUT2D eigenvalue weighted by atomic mass is 16.5. The van der Waals surface area contributed by atoms with Crippen molar-refractivity contribution in [3.63, 3.8) is 0 Å². The number of phenols is 1. The third-order valence-electron chi connectivity index (χ3n) is 3.35. The van der Waals surface area contributed by atoms with E-state index in [0.717, 1.165) is 25.9 Å². The highest BCUT2D eigenvalue weighted by Crippen LogP contribution is 2.21. The maximum atomic E-state index is 11.4. The number of aliphatic imine (C=N–C) groups is 1. The molecule has 1 aliphatic rings. The lowest BCUT2D eigenvalue weighted by Gasteiger charge is -2.13. The van der Waals surface area contributed by atoms with Crippen molar-refractivity contribution in [3.05, 3.63) is 23.8 Å². The Morgan fingerprint density at radius 1 is 1.50 bits per heavy atom. The van der Waals surface area contributed by atoms with Crippen molar-refractivity contribution in [2.24, 2.45) is 4.99 Å². The van der Waals surface area contributed by atoms with Crippen molar-refractivity contribution in [1.82, 2.24) is 4.90 Å². The topological polar surface area (TPSA) is 62.1 Å². The Balaban J connectivity index is 1.80. The van der Waals surface area contributed by atoms with Gasteiger partial charge in [-0.25, -0.2) is 0 Å². The molecule has 1 saturated heterocycles. The number of ether oxygens (including phenoxy) is 1. The zero-order valence-electron chi connectivity index (χ0n) is 11.7. The summed E-state index contributed by atoms with van der Waals surface area (Å²) >= 11 is 0. The number of carbonyl (C=O) groups excluding carboxylic acids is 1. The van der Waals surface area contributed by atoms with Crippen LogP contribution in [-0.2, 0) is 4.79 Å². The quantitative estimate of drug-likeness (QED) is 0.637. The Morgan fingerprint density at radius 3 is 3.05 bits per heavy atom. The third-order valence-corrected chi connectivity index (χ3v) is 3.35. The SMILES string of the molecule is COc1ccc(O)c(C=NCCCN2CCCC2=O)c1. The molecule has 1 heterocycles. The zero-order chi connectivity index (χ0) is 14.4. The Kier molecular flexibility index (Phi) is 4.98. The van der Waals surface area contributed by atoms with E-state index >= 15 is 0 Å². The van der Waals surface area contributed by atoms with Gasteiger partial charge in [0.05, 0.1) is 7.11 Å². The molecule has 1 N–H and O–H groups in total. The molecule has 0 atom stereocenters. The number of nitrogens with zero attached hydrogens (tertiary/aromatic N) is 2. The van der Waals surface area contributed by atoms with Gasteiger partial charge in [-0.15, -0.1) is 0 Å². The molecular weight excluding hydrogens is 256 g/mol. The lowest BCUT2D eigenvalue weighted by Crippen LogP contribution is -2.26. The van der Waals surface area contributed by atoms with Gasteiger partial charge >= 0.3 is 0 Å². The molecule has 20 heavy (non-hydrogen) atoms. The first-order chi connectivity index (χ1) is 9.70. The highest BCUT2D eigenvalue weighted by Gasteiger charge is 2.18. The lowest BCUT2D eigenvalue weighted by atomic mass is 10.2. The highest BCUT2D eigenvalue weighted by molar-refractivity contribution is 5.84. The van der Waals surface area contributed by atoms with E-state index in [4.69, 9.17) is 4.74 Å². The number of aromatic hydroxyl groups is 1. The van der Waals surface area contributed by atoms with Crippen LogP contribution in [0.15, 0.2) is 23.2 Å². The second kappa shape index (κ2) is 6.93. The normalized spacial score (nSPS) is 15.2. The average molecular weight is 276 g/mol. The van der Waals surface area contributed by atoms with Crippen LogP contribution in [0.25, 0.3) is 0 Å². The van der Waals surface area contributed by atoms with Gasteiger partial charge < -0.3 is 14.7 Å². The van der Waals surface area contributed by atoms with E-state index in [2.05, 4.69) is 4.99 Å². The molecule has 0 aromatic heterocycles. The molecule has 0 bridgehead atoms. The minimum Gasteiger partial charge on any atom is -0.507 e. The van der Waals surface area contributed by atoms with Gasteiger partial charge in [-0.1, -0.05) is 0 Å². The number of amides is 1. The molecule has 1 aliphatic heterocycles. The monoisotopic (exact) mass is 276 g/mol. The fourth-order valence-corrected chi connectivity index (χ4v) is 2.22. The van der Waals surface area contributed by atoms with Crippen LogP contribution in [0.4, 0.5) is 0 Å². The van der Waals surface area contributed by atoms with Crippen LogP contribution in [0, 0.1) is 0 Å². The predicted molar refractivity (Wildman–Crippen MR) is 77.6 cm³/mol. The molecule has 2 rings (SSSR count). The largest absolute Gasteiger partial charge is 0.507 e. The molecule has 1 aromatic carbocycles. The summed E-state index contributed by atoms with van der Waals surface area (Å²) in [5.74, 6) is 1.12. The van der Waals surface area contributed by atoms with Crippen LogP contribution >= 0.6 is 0 Å². The first kappa shape index (κ1) is 14.4. The molecule has 0 spiro atoms. The average Bonchev–Trinajstić information content (AvgIpc) is 2.86.